The Balaban J connectivity index is 1.79. The maximum atomic E-state index is 12.5. The van der Waals surface area contributed by atoms with E-state index in [2.05, 4.69) is 25.8 Å². The first-order chi connectivity index (χ1) is 12.9. The van der Waals surface area contributed by atoms with Crippen LogP contribution in [0.1, 0.15) is 30.6 Å². The second-order valence-corrected chi connectivity index (χ2v) is 6.64. The van der Waals surface area contributed by atoms with Crippen molar-refractivity contribution in [2.75, 3.05) is 0 Å². The van der Waals surface area contributed by atoms with E-state index in [1.54, 1.807) is 41.5 Å². The molecule has 2 amide bonds. The van der Waals surface area contributed by atoms with E-state index < -0.39 is 11.9 Å². The Morgan fingerprint density at radius 3 is 2.81 bits per heavy atom. The number of hydrogen-bond acceptors (Lipinski definition) is 5. The lowest BCUT2D eigenvalue weighted by Crippen LogP contribution is -2.45. The van der Waals surface area contributed by atoms with Crippen LogP contribution in [-0.2, 0) is 4.79 Å². The topological polar surface area (TPSA) is 132 Å². The van der Waals surface area contributed by atoms with Gasteiger partial charge in [-0.15, -0.1) is 5.10 Å². The predicted molar refractivity (Wildman–Crippen MR) is 98.8 cm³/mol. The van der Waals surface area contributed by atoms with Crippen LogP contribution in [0.3, 0.4) is 0 Å². The first-order valence-electron chi connectivity index (χ1n) is 8.56. The zero-order valence-corrected chi connectivity index (χ0v) is 15.1. The van der Waals surface area contributed by atoms with Crippen LogP contribution in [0.4, 0.5) is 0 Å². The molecule has 0 radical (unpaired) electrons. The summed E-state index contributed by atoms with van der Waals surface area (Å²) in [5, 5.41) is 17.5. The average molecular weight is 367 g/mol. The number of benzene rings is 1. The predicted octanol–water partition coefficient (Wildman–Crippen LogP) is 1.29. The number of primary amides is 1. The van der Waals surface area contributed by atoms with Gasteiger partial charge in [0.2, 0.25) is 5.91 Å². The molecule has 1 atom stereocenters. The molecule has 3 aromatic rings. The number of carbonyl (C=O) groups excluding carboxylic acids is 2. The van der Waals surface area contributed by atoms with Crippen molar-refractivity contribution < 1.29 is 9.59 Å². The molecule has 9 heteroatoms. The van der Waals surface area contributed by atoms with E-state index >= 15 is 0 Å². The minimum Gasteiger partial charge on any atom is -0.368 e. The highest BCUT2D eigenvalue weighted by Crippen LogP contribution is 2.17. The second kappa shape index (κ2) is 7.81. The Kier molecular flexibility index (Phi) is 5.30. The SMILES string of the molecule is CC(C)CC(NC(=O)c1cccc(-n2cc(-c3cn[nH]c3)nn2)c1)C(N)=O. The van der Waals surface area contributed by atoms with Crippen molar-refractivity contribution in [3.05, 3.63) is 48.4 Å². The van der Waals surface area contributed by atoms with E-state index in [4.69, 9.17) is 5.73 Å². The van der Waals surface area contributed by atoms with Crippen LogP contribution in [0.15, 0.2) is 42.9 Å². The molecule has 0 saturated heterocycles. The molecule has 0 bridgehead atoms. The molecule has 0 aliphatic rings. The Morgan fingerprint density at radius 2 is 2.15 bits per heavy atom. The van der Waals surface area contributed by atoms with Gasteiger partial charge in [0.1, 0.15) is 11.7 Å². The quantitative estimate of drug-likeness (QED) is 0.579. The second-order valence-electron chi connectivity index (χ2n) is 6.64. The Labute approximate surface area is 156 Å². The van der Waals surface area contributed by atoms with E-state index in [1.807, 2.05) is 19.9 Å². The summed E-state index contributed by atoms with van der Waals surface area (Å²) in [6.45, 7) is 3.93. The van der Waals surface area contributed by atoms with Gasteiger partial charge in [-0.1, -0.05) is 25.1 Å². The number of hydrogen-bond donors (Lipinski definition) is 3. The van der Waals surface area contributed by atoms with Crippen LogP contribution in [-0.4, -0.2) is 43.0 Å². The fourth-order valence-electron chi connectivity index (χ4n) is 2.66. The largest absolute Gasteiger partial charge is 0.368 e. The van der Waals surface area contributed by atoms with Gasteiger partial charge in [0.05, 0.1) is 18.1 Å². The molecule has 0 saturated carbocycles. The van der Waals surface area contributed by atoms with E-state index in [9.17, 15) is 9.59 Å². The Bertz CT molecular complexity index is 931. The summed E-state index contributed by atoms with van der Waals surface area (Å²) >= 11 is 0. The van der Waals surface area contributed by atoms with Crippen LogP contribution in [0.2, 0.25) is 0 Å². The molecule has 1 aromatic carbocycles. The molecule has 4 N–H and O–H groups in total. The molecule has 0 aliphatic carbocycles. The number of nitrogens with one attached hydrogen (secondary N) is 2. The summed E-state index contributed by atoms with van der Waals surface area (Å²) in [6, 6.07) is 6.19. The number of amides is 2. The molecule has 0 fully saturated rings. The van der Waals surface area contributed by atoms with Gasteiger partial charge in [-0.2, -0.15) is 5.10 Å². The van der Waals surface area contributed by atoms with Gasteiger partial charge in [0.25, 0.3) is 5.91 Å². The molecule has 2 aromatic heterocycles. The number of rotatable bonds is 7. The van der Waals surface area contributed by atoms with Gasteiger partial charge in [-0.25, -0.2) is 4.68 Å². The summed E-state index contributed by atoms with van der Waals surface area (Å²) in [6.07, 6.45) is 5.60. The summed E-state index contributed by atoms with van der Waals surface area (Å²) < 4.78 is 1.57. The number of nitrogens with two attached hydrogens (primary N) is 1. The van der Waals surface area contributed by atoms with Crippen molar-refractivity contribution in [2.45, 2.75) is 26.3 Å². The number of aromatic amines is 1. The van der Waals surface area contributed by atoms with Gasteiger partial charge in [-0.3, -0.25) is 14.7 Å². The Hall–Kier alpha value is -3.49. The summed E-state index contributed by atoms with van der Waals surface area (Å²) in [5.41, 5.74) is 7.94. The molecule has 2 heterocycles. The molecule has 0 spiro atoms. The molecule has 3 rings (SSSR count). The van der Waals surface area contributed by atoms with Crippen LogP contribution in [0.5, 0.6) is 0 Å². The molecule has 140 valence electrons. The Morgan fingerprint density at radius 1 is 1.33 bits per heavy atom. The maximum absolute atomic E-state index is 12.5. The minimum atomic E-state index is -0.708. The third-order valence-electron chi connectivity index (χ3n) is 4.02. The monoisotopic (exact) mass is 367 g/mol. The summed E-state index contributed by atoms with van der Waals surface area (Å²) in [7, 11) is 0. The highest BCUT2D eigenvalue weighted by molar-refractivity contribution is 5.97. The van der Waals surface area contributed by atoms with Crippen molar-refractivity contribution in [1.82, 2.24) is 30.5 Å². The van der Waals surface area contributed by atoms with Crippen LogP contribution in [0.25, 0.3) is 16.9 Å². The summed E-state index contributed by atoms with van der Waals surface area (Å²) in [5.74, 6) is -0.684. The first-order valence-corrected chi connectivity index (χ1v) is 8.56. The van der Waals surface area contributed by atoms with Crippen molar-refractivity contribution in [3.63, 3.8) is 0 Å². The van der Waals surface area contributed by atoms with Crippen LogP contribution >= 0.6 is 0 Å². The lowest BCUT2D eigenvalue weighted by Gasteiger charge is -2.17. The van der Waals surface area contributed by atoms with Crippen molar-refractivity contribution in [1.29, 1.82) is 0 Å². The van der Waals surface area contributed by atoms with Crippen molar-refractivity contribution in [2.24, 2.45) is 11.7 Å². The van der Waals surface area contributed by atoms with Gasteiger partial charge in [0, 0.05) is 17.3 Å². The molecule has 1 unspecified atom stereocenters. The molecule has 9 nitrogen and oxygen atoms in total. The number of H-pyrrole nitrogens is 1. The highest BCUT2D eigenvalue weighted by atomic mass is 16.2. The van der Waals surface area contributed by atoms with E-state index in [-0.39, 0.29) is 11.8 Å². The van der Waals surface area contributed by atoms with Gasteiger partial charge in [-0.05, 0) is 30.5 Å². The lowest BCUT2D eigenvalue weighted by molar-refractivity contribution is -0.120. The van der Waals surface area contributed by atoms with E-state index in [0.29, 0.717) is 23.4 Å². The van der Waals surface area contributed by atoms with Crippen LogP contribution < -0.4 is 11.1 Å². The molecular weight excluding hydrogens is 346 g/mol. The average Bonchev–Trinajstić information content (AvgIpc) is 3.32. The number of carbonyl (C=O) groups is 2. The molecule has 27 heavy (non-hydrogen) atoms. The zero-order valence-electron chi connectivity index (χ0n) is 15.1. The standard InChI is InChI=1S/C18H21N7O2/c1-11(2)6-15(17(19)26)22-18(27)12-4-3-5-14(7-12)25-10-16(23-24-25)13-8-20-21-9-13/h3-5,7-11,15H,6H2,1-2H3,(H2,19,26)(H,20,21)(H,22,27). The van der Waals surface area contributed by atoms with E-state index in [0.717, 1.165) is 5.56 Å². The maximum Gasteiger partial charge on any atom is 0.252 e. The molecule has 0 aliphatic heterocycles. The van der Waals surface area contributed by atoms with Gasteiger partial charge < -0.3 is 11.1 Å². The van der Waals surface area contributed by atoms with Gasteiger partial charge >= 0.3 is 0 Å². The number of nitrogens with zero attached hydrogens (tertiary/aromatic N) is 4. The summed E-state index contributed by atoms with van der Waals surface area (Å²) in [4.78, 5) is 24.1. The van der Waals surface area contributed by atoms with Crippen LogP contribution in [0, 0.1) is 5.92 Å². The lowest BCUT2D eigenvalue weighted by atomic mass is 10.0. The van der Waals surface area contributed by atoms with Gasteiger partial charge in [0.15, 0.2) is 0 Å². The smallest absolute Gasteiger partial charge is 0.252 e. The minimum absolute atomic E-state index is 0.227. The fourth-order valence-corrected chi connectivity index (χ4v) is 2.66. The molecular formula is C18H21N7O2. The van der Waals surface area contributed by atoms with Crippen molar-refractivity contribution in [3.8, 4) is 16.9 Å². The van der Waals surface area contributed by atoms with Crippen molar-refractivity contribution >= 4 is 11.8 Å². The fraction of sp³-hybridized carbons (Fsp3) is 0.278. The first kappa shape index (κ1) is 18.3. The van der Waals surface area contributed by atoms with E-state index in [1.165, 1.54) is 0 Å². The zero-order chi connectivity index (χ0) is 19.4. The third kappa shape index (κ3) is 4.38. The highest BCUT2D eigenvalue weighted by Gasteiger charge is 2.20. The normalized spacial score (nSPS) is 12.1. The number of aromatic nitrogens is 5. The third-order valence-corrected chi connectivity index (χ3v) is 4.02.